The third kappa shape index (κ3) is 3.43. The molecule has 0 atom stereocenters. The molecule has 0 bridgehead atoms. The van der Waals surface area contributed by atoms with Gasteiger partial charge >= 0.3 is 0 Å². The maximum Gasteiger partial charge on any atom is 0.136 e. The lowest BCUT2D eigenvalue weighted by atomic mass is 10.0. The van der Waals surface area contributed by atoms with E-state index in [0.29, 0.717) is 11.3 Å². The molecular formula is C15H19NOS. The first kappa shape index (κ1) is 13.3. The van der Waals surface area contributed by atoms with Crippen LogP contribution in [0.4, 0.5) is 0 Å². The monoisotopic (exact) mass is 261 g/mol. The molecule has 1 aromatic carbocycles. The number of nitriles is 1. The molecule has 1 aliphatic carbocycles. The van der Waals surface area contributed by atoms with Crippen LogP contribution in [0.1, 0.15) is 43.2 Å². The van der Waals surface area contributed by atoms with Gasteiger partial charge in [-0.05, 0) is 30.5 Å². The molecule has 96 valence electrons. The van der Waals surface area contributed by atoms with Gasteiger partial charge in [0, 0.05) is 11.0 Å². The maximum absolute atomic E-state index is 8.94. The van der Waals surface area contributed by atoms with Crippen LogP contribution in [-0.2, 0) is 5.75 Å². The van der Waals surface area contributed by atoms with Gasteiger partial charge in [-0.3, -0.25) is 0 Å². The van der Waals surface area contributed by atoms with Gasteiger partial charge in [0.05, 0.1) is 12.7 Å². The van der Waals surface area contributed by atoms with Crippen LogP contribution in [-0.4, -0.2) is 12.4 Å². The quantitative estimate of drug-likeness (QED) is 0.817. The molecule has 0 radical (unpaired) electrons. The number of hydrogen-bond donors (Lipinski definition) is 0. The molecule has 0 unspecified atom stereocenters. The minimum atomic E-state index is 0.615. The van der Waals surface area contributed by atoms with E-state index in [2.05, 4.69) is 6.07 Å². The van der Waals surface area contributed by atoms with Gasteiger partial charge in [-0.25, -0.2) is 0 Å². The van der Waals surface area contributed by atoms with Gasteiger partial charge in [-0.15, -0.1) is 0 Å². The fraction of sp³-hybridized carbons (Fsp3) is 0.533. The van der Waals surface area contributed by atoms with E-state index in [-0.39, 0.29) is 0 Å². The molecule has 1 aromatic rings. The summed E-state index contributed by atoms with van der Waals surface area (Å²) in [6, 6.07) is 8.04. The maximum atomic E-state index is 8.94. The van der Waals surface area contributed by atoms with E-state index in [0.717, 1.165) is 11.0 Å². The molecule has 0 spiro atoms. The Labute approximate surface area is 113 Å². The highest BCUT2D eigenvalue weighted by molar-refractivity contribution is 7.99. The molecule has 0 heterocycles. The lowest BCUT2D eigenvalue weighted by Crippen LogP contribution is -2.08. The third-order valence-electron chi connectivity index (χ3n) is 3.42. The SMILES string of the molecule is COc1cc(CSC2CCCCC2)ccc1C#N. The first-order valence-corrected chi connectivity index (χ1v) is 7.57. The second-order valence-electron chi connectivity index (χ2n) is 4.72. The fourth-order valence-electron chi connectivity index (χ4n) is 2.36. The lowest BCUT2D eigenvalue weighted by molar-refractivity contribution is 0.413. The second-order valence-corrected chi connectivity index (χ2v) is 6.01. The molecular weight excluding hydrogens is 242 g/mol. The van der Waals surface area contributed by atoms with Crippen molar-refractivity contribution in [3.05, 3.63) is 29.3 Å². The van der Waals surface area contributed by atoms with E-state index in [1.54, 1.807) is 7.11 Å². The van der Waals surface area contributed by atoms with Crippen molar-refractivity contribution in [2.75, 3.05) is 7.11 Å². The zero-order chi connectivity index (χ0) is 12.8. The molecule has 1 fully saturated rings. The topological polar surface area (TPSA) is 33.0 Å². The Bertz CT molecular complexity index is 433. The van der Waals surface area contributed by atoms with Gasteiger partial charge in [0.1, 0.15) is 11.8 Å². The molecule has 2 rings (SSSR count). The Hall–Kier alpha value is -1.14. The van der Waals surface area contributed by atoms with Crippen molar-refractivity contribution in [2.45, 2.75) is 43.1 Å². The lowest BCUT2D eigenvalue weighted by Gasteiger charge is -2.21. The van der Waals surface area contributed by atoms with Crippen LogP contribution in [0.3, 0.4) is 0 Å². The number of nitrogens with zero attached hydrogens (tertiary/aromatic N) is 1. The third-order valence-corrected chi connectivity index (χ3v) is 4.87. The number of methoxy groups -OCH3 is 1. The summed E-state index contributed by atoms with van der Waals surface area (Å²) in [7, 11) is 1.62. The fourth-order valence-corrected chi connectivity index (χ4v) is 3.64. The van der Waals surface area contributed by atoms with Crippen molar-refractivity contribution in [3.63, 3.8) is 0 Å². The summed E-state index contributed by atoms with van der Waals surface area (Å²) in [5.41, 5.74) is 1.87. The molecule has 0 aliphatic heterocycles. The highest BCUT2D eigenvalue weighted by atomic mass is 32.2. The predicted octanol–water partition coefficient (Wildman–Crippen LogP) is 4.13. The van der Waals surface area contributed by atoms with E-state index >= 15 is 0 Å². The number of rotatable bonds is 4. The Morgan fingerprint density at radius 1 is 1.33 bits per heavy atom. The van der Waals surface area contributed by atoms with Crippen LogP contribution in [0, 0.1) is 11.3 Å². The minimum Gasteiger partial charge on any atom is -0.495 e. The summed E-state index contributed by atoms with van der Waals surface area (Å²) < 4.78 is 5.24. The Morgan fingerprint density at radius 3 is 2.78 bits per heavy atom. The summed E-state index contributed by atoms with van der Waals surface area (Å²) in [6.07, 6.45) is 6.89. The van der Waals surface area contributed by atoms with Crippen LogP contribution < -0.4 is 4.74 Å². The minimum absolute atomic E-state index is 0.615. The highest BCUT2D eigenvalue weighted by Gasteiger charge is 2.14. The molecule has 0 saturated heterocycles. The smallest absolute Gasteiger partial charge is 0.136 e. The highest BCUT2D eigenvalue weighted by Crippen LogP contribution is 2.31. The largest absolute Gasteiger partial charge is 0.495 e. The molecule has 18 heavy (non-hydrogen) atoms. The van der Waals surface area contributed by atoms with Crippen molar-refractivity contribution in [2.24, 2.45) is 0 Å². The van der Waals surface area contributed by atoms with E-state index < -0.39 is 0 Å². The van der Waals surface area contributed by atoms with Gasteiger partial charge < -0.3 is 4.74 Å². The Kier molecular flexibility index (Phi) is 4.95. The number of ether oxygens (including phenoxy) is 1. The summed E-state index contributed by atoms with van der Waals surface area (Å²) in [5.74, 6) is 1.71. The van der Waals surface area contributed by atoms with Gasteiger partial charge in [0.15, 0.2) is 0 Å². The summed E-state index contributed by atoms with van der Waals surface area (Å²) in [6.45, 7) is 0. The summed E-state index contributed by atoms with van der Waals surface area (Å²) in [4.78, 5) is 0. The zero-order valence-electron chi connectivity index (χ0n) is 10.8. The van der Waals surface area contributed by atoms with Crippen LogP contribution in [0.2, 0.25) is 0 Å². The zero-order valence-corrected chi connectivity index (χ0v) is 11.6. The standard InChI is InChI=1S/C15H19NOS/c1-17-15-9-12(7-8-13(15)10-16)11-18-14-5-3-2-4-6-14/h7-9,14H,2-6,11H2,1H3. The Balaban J connectivity index is 1.95. The number of thioether (sulfide) groups is 1. The van der Waals surface area contributed by atoms with Gasteiger partial charge in [0.2, 0.25) is 0 Å². The van der Waals surface area contributed by atoms with Crippen LogP contribution in [0.25, 0.3) is 0 Å². The first-order chi connectivity index (χ1) is 8.83. The molecule has 1 aliphatic rings. The van der Waals surface area contributed by atoms with Gasteiger partial charge in [0.25, 0.3) is 0 Å². The van der Waals surface area contributed by atoms with E-state index in [1.807, 2.05) is 30.0 Å². The van der Waals surface area contributed by atoms with Gasteiger partial charge in [-0.1, -0.05) is 25.3 Å². The average molecular weight is 261 g/mol. The average Bonchev–Trinajstić information content (AvgIpc) is 2.45. The van der Waals surface area contributed by atoms with Crippen LogP contribution >= 0.6 is 11.8 Å². The second kappa shape index (κ2) is 6.70. The normalized spacial score (nSPS) is 16.2. The summed E-state index contributed by atoms with van der Waals surface area (Å²) in [5, 5.41) is 9.76. The van der Waals surface area contributed by atoms with E-state index in [4.69, 9.17) is 10.00 Å². The molecule has 3 heteroatoms. The van der Waals surface area contributed by atoms with Crippen molar-refractivity contribution in [1.82, 2.24) is 0 Å². The predicted molar refractivity (Wildman–Crippen MR) is 75.9 cm³/mol. The van der Waals surface area contributed by atoms with Crippen LogP contribution in [0.15, 0.2) is 18.2 Å². The van der Waals surface area contributed by atoms with Crippen LogP contribution in [0.5, 0.6) is 5.75 Å². The van der Waals surface area contributed by atoms with E-state index in [1.165, 1.54) is 37.7 Å². The number of benzene rings is 1. The molecule has 0 aromatic heterocycles. The van der Waals surface area contributed by atoms with Gasteiger partial charge in [-0.2, -0.15) is 17.0 Å². The van der Waals surface area contributed by atoms with Crippen molar-refractivity contribution in [3.8, 4) is 11.8 Å². The molecule has 1 saturated carbocycles. The van der Waals surface area contributed by atoms with E-state index in [9.17, 15) is 0 Å². The first-order valence-electron chi connectivity index (χ1n) is 6.52. The Morgan fingerprint density at radius 2 is 2.11 bits per heavy atom. The van der Waals surface area contributed by atoms with Crippen molar-refractivity contribution < 1.29 is 4.74 Å². The summed E-state index contributed by atoms with van der Waals surface area (Å²) >= 11 is 2.04. The van der Waals surface area contributed by atoms with Crippen molar-refractivity contribution in [1.29, 1.82) is 5.26 Å². The number of hydrogen-bond acceptors (Lipinski definition) is 3. The molecule has 0 N–H and O–H groups in total. The molecule has 2 nitrogen and oxygen atoms in total. The molecule has 0 amide bonds. The van der Waals surface area contributed by atoms with Crippen molar-refractivity contribution >= 4 is 11.8 Å².